The average molecular weight is 440 g/mol. The van der Waals surface area contributed by atoms with Crippen LogP contribution in [0, 0.1) is 5.92 Å². The highest BCUT2D eigenvalue weighted by molar-refractivity contribution is 5.92. The summed E-state index contributed by atoms with van der Waals surface area (Å²) in [6.07, 6.45) is -1.29. The van der Waals surface area contributed by atoms with Crippen LogP contribution in [0.2, 0.25) is 0 Å². The first-order valence-corrected chi connectivity index (χ1v) is 10.4. The topological polar surface area (TPSA) is 105 Å². The van der Waals surface area contributed by atoms with E-state index in [1.165, 1.54) is 14.2 Å². The lowest BCUT2D eigenvalue weighted by Gasteiger charge is -2.26. The largest absolute Gasteiger partial charge is 0.497 e. The van der Waals surface area contributed by atoms with Gasteiger partial charge in [-0.25, -0.2) is 4.79 Å². The van der Waals surface area contributed by atoms with Crippen molar-refractivity contribution >= 4 is 17.8 Å². The maximum absolute atomic E-state index is 12.9. The molecule has 0 radical (unpaired) electrons. The number of rotatable bonds is 8. The molecule has 0 aliphatic carbocycles. The summed E-state index contributed by atoms with van der Waals surface area (Å²) >= 11 is 0. The molecule has 2 amide bonds. The van der Waals surface area contributed by atoms with Gasteiger partial charge in [0.05, 0.1) is 26.2 Å². The van der Waals surface area contributed by atoms with Crippen LogP contribution in [0.1, 0.15) is 36.6 Å². The van der Waals surface area contributed by atoms with Crippen molar-refractivity contribution < 1.29 is 29.0 Å². The summed E-state index contributed by atoms with van der Waals surface area (Å²) in [6.45, 7) is 2.14. The fourth-order valence-electron chi connectivity index (χ4n) is 3.85. The normalized spacial score (nSPS) is 18.6. The number of methoxy groups -OCH3 is 2. The van der Waals surface area contributed by atoms with Crippen LogP contribution in [-0.4, -0.2) is 54.6 Å². The Balaban J connectivity index is 1.71. The van der Waals surface area contributed by atoms with Crippen LogP contribution in [0.15, 0.2) is 54.6 Å². The molecule has 4 unspecified atom stereocenters. The first-order valence-electron chi connectivity index (χ1n) is 10.4. The first-order chi connectivity index (χ1) is 15.3. The summed E-state index contributed by atoms with van der Waals surface area (Å²) in [5, 5.41) is 13.3. The molecule has 1 aliphatic rings. The van der Waals surface area contributed by atoms with Crippen LogP contribution < -0.4 is 10.1 Å². The standard InChI is InChI=1S/C24H28N2O6/c1-15(16-7-5-4-6-8-16)26-14-18(13-20(26)27)23(29)25-21(24(30)32-3)22(28)17-9-11-19(31-2)12-10-17/h4-12,15,18,21-22,28H,13-14H2,1-3H3,(H,25,29). The molecule has 2 aromatic carbocycles. The van der Waals surface area contributed by atoms with Crippen molar-refractivity contribution in [2.75, 3.05) is 20.8 Å². The van der Waals surface area contributed by atoms with E-state index in [4.69, 9.17) is 9.47 Å². The molecule has 1 saturated heterocycles. The van der Waals surface area contributed by atoms with E-state index < -0.39 is 29.9 Å². The van der Waals surface area contributed by atoms with Crippen molar-refractivity contribution in [1.29, 1.82) is 0 Å². The summed E-state index contributed by atoms with van der Waals surface area (Å²) < 4.78 is 9.89. The van der Waals surface area contributed by atoms with Crippen molar-refractivity contribution in [3.63, 3.8) is 0 Å². The zero-order valence-corrected chi connectivity index (χ0v) is 18.4. The smallest absolute Gasteiger partial charge is 0.331 e. The number of nitrogens with zero attached hydrogens (tertiary/aromatic N) is 1. The van der Waals surface area contributed by atoms with Gasteiger partial charge >= 0.3 is 5.97 Å². The highest BCUT2D eigenvalue weighted by atomic mass is 16.5. The molecule has 0 aromatic heterocycles. The number of benzene rings is 2. The van der Waals surface area contributed by atoms with Gasteiger partial charge in [0, 0.05) is 13.0 Å². The minimum Gasteiger partial charge on any atom is -0.497 e. The lowest BCUT2D eigenvalue weighted by atomic mass is 10.0. The van der Waals surface area contributed by atoms with Crippen molar-refractivity contribution in [2.45, 2.75) is 31.5 Å². The number of nitrogens with one attached hydrogen (secondary N) is 1. The number of carbonyl (C=O) groups is 3. The molecule has 8 nitrogen and oxygen atoms in total. The SMILES string of the molecule is COC(=O)C(NC(=O)C1CC(=O)N(C(C)c2ccccc2)C1)C(O)c1ccc(OC)cc1. The minimum absolute atomic E-state index is 0.0372. The number of esters is 1. The third kappa shape index (κ3) is 5.08. The maximum Gasteiger partial charge on any atom is 0.331 e. The van der Waals surface area contributed by atoms with E-state index in [2.05, 4.69) is 5.32 Å². The van der Waals surface area contributed by atoms with Gasteiger partial charge in [-0.15, -0.1) is 0 Å². The van der Waals surface area contributed by atoms with Gasteiger partial charge in [0.1, 0.15) is 11.9 Å². The Hall–Kier alpha value is -3.39. The minimum atomic E-state index is -1.33. The molecule has 2 N–H and O–H groups in total. The van der Waals surface area contributed by atoms with Crippen molar-refractivity contribution in [2.24, 2.45) is 5.92 Å². The monoisotopic (exact) mass is 440 g/mol. The van der Waals surface area contributed by atoms with E-state index in [0.29, 0.717) is 11.3 Å². The van der Waals surface area contributed by atoms with Crippen molar-refractivity contribution in [1.82, 2.24) is 10.2 Å². The Morgan fingerprint density at radius 1 is 1.06 bits per heavy atom. The molecular weight excluding hydrogens is 412 g/mol. The van der Waals surface area contributed by atoms with Gasteiger partial charge < -0.3 is 24.8 Å². The first kappa shape index (κ1) is 23.3. The van der Waals surface area contributed by atoms with Crippen LogP contribution >= 0.6 is 0 Å². The molecule has 1 heterocycles. The van der Waals surface area contributed by atoms with Crippen LogP contribution in [0.3, 0.4) is 0 Å². The van der Waals surface area contributed by atoms with Crippen molar-refractivity contribution in [3.8, 4) is 5.75 Å². The predicted octanol–water partition coefficient (Wildman–Crippen LogP) is 2.00. The van der Waals surface area contributed by atoms with Crippen molar-refractivity contribution in [3.05, 3.63) is 65.7 Å². The number of likely N-dealkylation sites (tertiary alicyclic amines) is 1. The Morgan fingerprint density at radius 2 is 1.72 bits per heavy atom. The Labute approximate surface area is 187 Å². The van der Waals surface area contributed by atoms with E-state index >= 15 is 0 Å². The molecule has 0 bridgehead atoms. The maximum atomic E-state index is 12.9. The third-order valence-corrected chi connectivity index (χ3v) is 5.80. The second-order valence-corrected chi connectivity index (χ2v) is 7.76. The van der Waals surface area contributed by atoms with E-state index in [1.54, 1.807) is 29.2 Å². The van der Waals surface area contributed by atoms with Gasteiger partial charge in [-0.1, -0.05) is 42.5 Å². The fourth-order valence-corrected chi connectivity index (χ4v) is 3.85. The van der Waals surface area contributed by atoms with Gasteiger partial charge in [0.2, 0.25) is 11.8 Å². The molecular formula is C24H28N2O6. The third-order valence-electron chi connectivity index (χ3n) is 5.80. The molecule has 4 atom stereocenters. The van der Waals surface area contributed by atoms with Gasteiger partial charge in [-0.05, 0) is 30.2 Å². The van der Waals surface area contributed by atoms with Crippen LogP contribution in [0.5, 0.6) is 5.75 Å². The van der Waals surface area contributed by atoms with Gasteiger partial charge in [0.15, 0.2) is 6.04 Å². The highest BCUT2D eigenvalue weighted by Crippen LogP contribution is 2.29. The number of hydrogen-bond donors (Lipinski definition) is 2. The van der Waals surface area contributed by atoms with Gasteiger partial charge in [-0.3, -0.25) is 9.59 Å². The van der Waals surface area contributed by atoms with E-state index in [9.17, 15) is 19.5 Å². The van der Waals surface area contributed by atoms with Gasteiger partial charge in [0.25, 0.3) is 0 Å². The average Bonchev–Trinajstić information content (AvgIpc) is 3.23. The number of aliphatic hydroxyl groups is 1. The molecule has 32 heavy (non-hydrogen) atoms. The molecule has 1 fully saturated rings. The fraction of sp³-hybridized carbons (Fsp3) is 0.375. The van der Waals surface area contributed by atoms with Crippen LogP contribution in [0.4, 0.5) is 0 Å². The molecule has 8 heteroatoms. The molecule has 3 rings (SSSR count). The van der Waals surface area contributed by atoms with Crippen LogP contribution in [0.25, 0.3) is 0 Å². The number of ether oxygens (including phenoxy) is 2. The summed E-state index contributed by atoms with van der Waals surface area (Å²) in [7, 11) is 2.71. The zero-order chi connectivity index (χ0) is 23.3. The summed E-state index contributed by atoms with van der Waals surface area (Å²) in [5.41, 5.74) is 1.40. The molecule has 0 spiro atoms. The Bertz CT molecular complexity index is 947. The lowest BCUT2D eigenvalue weighted by molar-refractivity contribution is -0.149. The van der Waals surface area contributed by atoms with Crippen LogP contribution in [-0.2, 0) is 19.1 Å². The number of amides is 2. The quantitative estimate of drug-likeness (QED) is 0.609. The summed E-state index contributed by atoms with van der Waals surface area (Å²) in [4.78, 5) is 39.5. The molecule has 0 saturated carbocycles. The van der Waals surface area contributed by atoms with E-state index in [1.807, 2.05) is 37.3 Å². The Morgan fingerprint density at radius 3 is 2.31 bits per heavy atom. The summed E-state index contributed by atoms with van der Waals surface area (Å²) in [5.74, 6) is -1.43. The lowest BCUT2D eigenvalue weighted by Crippen LogP contribution is -2.48. The molecule has 170 valence electrons. The summed E-state index contributed by atoms with van der Waals surface area (Å²) in [6, 6.07) is 14.6. The van der Waals surface area contributed by atoms with E-state index in [0.717, 1.165) is 5.56 Å². The second-order valence-electron chi connectivity index (χ2n) is 7.76. The molecule has 1 aliphatic heterocycles. The second kappa shape index (κ2) is 10.3. The number of hydrogen-bond acceptors (Lipinski definition) is 6. The highest BCUT2D eigenvalue weighted by Gasteiger charge is 2.39. The number of aliphatic hydroxyl groups excluding tert-OH is 1. The number of carbonyl (C=O) groups excluding carboxylic acids is 3. The Kier molecular flexibility index (Phi) is 7.48. The zero-order valence-electron chi connectivity index (χ0n) is 18.4. The van der Waals surface area contributed by atoms with Gasteiger partial charge in [-0.2, -0.15) is 0 Å². The van der Waals surface area contributed by atoms with E-state index in [-0.39, 0.29) is 24.9 Å². The predicted molar refractivity (Wildman–Crippen MR) is 117 cm³/mol. The molecule has 2 aromatic rings.